The van der Waals surface area contributed by atoms with Crippen molar-refractivity contribution < 1.29 is 13.5 Å². The number of aryl methyl sites for hydroxylation is 1. The number of nitrogens with one attached hydrogen (secondary N) is 1. The van der Waals surface area contributed by atoms with Crippen LogP contribution < -0.4 is 4.72 Å². The van der Waals surface area contributed by atoms with Gasteiger partial charge in [-0.3, -0.25) is 9.40 Å². The molecule has 0 aliphatic carbocycles. The molecule has 96 valence electrons. The highest BCUT2D eigenvalue weighted by molar-refractivity contribution is 7.92. The molecule has 0 fully saturated rings. The van der Waals surface area contributed by atoms with Crippen LogP contribution in [0.15, 0.2) is 41.4 Å². The molecule has 0 atom stereocenters. The SMILES string of the molecule is CCn1ccc(NS(=O)(=O)c2ccccc2O)n1. The molecule has 0 unspecified atom stereocenters. The Kier molecular flexibility index (Phi) is 3.24. The largest absolute Gasteiger partial charge is 0.507 e. The molecule has 1 heterocycles. The van der Waals surface area contributed by atoms with Crippen molar-refractivity contribution in [1.29, 1.82) is 0 Å². The number of hydrogen-bond acceptors (Lipinski definition) is 4. The molecule has 2 rings (SSSR count). The van der Waals surface area contributed by atoms with Crippen molar-refractivity contribution in [1.82, 2.24) is 9.78 Å². The molecule has 0 saturated heterocycles. The summed E-state index contributed by atoms with van der Waals surface area (Å²) in [7, 11) is -3.81. The fraction of sp³-hybridized carbons (Fsp3) is 0.182. The predicted molar refractivity (Wildman–Crippen MR) is 66.8 cm³/mol. The first-order valence-electron chi connectivity index (χ1n) is 5.37. The van der Waals surface area contributed by atoms with Crippen LogP contribution in [0.1, 0.15) is 6.92 Å². The molecular weight excluding hydrogens is 254 g/mol. The summed E-state index contributed by atoms with van der Waals surface area (Å²) < 4.78 is 27.9. The Morgan fingerprint density at radius 3 is 2.67 bits per heavy atom. The van der Waals surface area contributed by atoms with E-state index >= 15 is 0 Å². The van der Waals surface area contributed by atoms with Gasteiger partial charge < -0.3 is 5.11 Å². The van der Waals surface area contributed by atoms with Crippen LogP contribution in [-0.2, 0) is 16.6 Å². The van der Waals surface area contributed by atoms with Crippen molar-refractivity contribution in [2.75, 3.05) is 4.72 Å². The smallest absolute Gasteiger partial charge is 0.266 e. The number of nitrogens with zero attached hydrogens (tertiary/aromatic N) is 2. The van der Waals surface area contributed by atoms with Gasteiger partial charge in [0.15, 0.2) is 5.82 Å². The number of sulfonamides is 1. The maximum absolute atomic E-state index is 12.0. The van der Waals surface area contributed by atoms with E-state index in [1.807, 2.05) is 6.92 Å². The van der Waals surface area contributed by atoms with Crippen molar-refractivity contribution in [2.45, 2.75) is 18.4 Å². The summed E-state index contributed by atoms with van der Waals surface area (Å²) in [4.78, 5) is -0.170. The number of aromatic nitrogens is 2. The van der Waals surface area contributed by atoms with E-state index in [1.165, 1.54) is 12.1 Å². The Morgan fingerprint density at radius 2 is 2.06 bits per heavy atom. The minimum atomic E-state index is -3.81. The van der Waals surface area contributed by atoms with Crippen molar-refractivity contribution in [3.8, 4) is 5.75 Å². The number of hydrogen-bond donors (Lipinski definition) is 2. The highest BCUT2D eigenvalue weighted by Crippen LogP contribution is 2.23. The van der Waals surface area contributed by atoms with Gasteiger partial charge in [0.1, 0.15) is 10.6 Å². The second kappa shape index (κ2) is 4.69. The lowest BCUT2D eigenvalue weighted by molar-refractivity contribution is 0.459. The van der Waals surface area contributed by atoms with E-state index in [4.69, 9.17) is 0 Å². The molecule has 6 nitrogen and oxygen atoms in total. The zero-order valence-corrected chi connectivity index (χ0v) is 10.6. The van der Waals surface area contributed by atoms with E-state index in [1.54, 1.807) is 29.1 Å². The molecule has 18 heavy (non-hydrogen) atoms. The molecule has 1 aromatic carbocycles. The second-order valence-corrected chi connectivity index (χ2v) is 5.28. The van der Waals surface area contributed by atoms with Crippen LogP contribution >= 0.6 is 0 Å². The van der Waals surface area contributed by atoms with Gasteiger partial charge in [0, 0.05) is 18.8 Å². The van der Waals surface area contributed by atoms with Gasteiger partial charge in [0.05, 0.1) is 0 Å². The quantitative estimate of drug-likeness (QED) is 0.877. The summed E-state index contributed by atoms with van der Waals surface area (Å²) in [5, 5.41) is 13.5. The number of aromatic hydroxyl groups is 1. The fourth-order valence-corrected chi connectivity index (χ4v) is 2.56. The van der Waals surface area contributed by atoms with E-state index in [9.17, 15) is 13.5 Å². The number of benzene rings is 1. The van der Waals surface area contributed by atoms with E-state index < -0.39 is 10.0 Å². The van der Waals surface area contributed by atoms with E-state index in [-0.39, 0.29) is 16.5 Å². The summed E-state index contributed by atoms with van der Waals surface area (Å²) in [5.41, 5.74) is 0. The Labute approximate surface area is 105 Å². The van der Waals surface area contributed by atoms with Crippen molar-refractivity contribution >= 4 is 15.8 Å². The zero-order valence-electron chi connectivity index (χ0n) is 9.74. The summed E-state index contributed by atoms with van der Waals surface area (Å²) >= 11 is 0. The van der Waals surface area contributed by atoms with Crippen LogP contribution in [0.3, 0.4) is 0 Å². The number of phenolic OH excluding ortho intramolecular Hbond substituents is 1. The Bertz CT molecular complexity index is 649. The zero-order chi connectivity index (χ0) is 13.2. The lowest BCUT2D eigenvalue weighted by atomic mass is 10.3. The minimum Gasteiger partial charge on any atom is -0.507 e. The third-order valence-electron chi connectivity index (χ3n) is 2.36. The minimum absolute atomic E-state index is 0.170. The first kappa shape index (κ1) is 12.4. The predicted octanol–water partition coefficient (Wildman–Crippen LogP) is 1.41. The molecule has 2 N–H and O–H groups in total. The van der Waals surface area contributed by atoms with E-state index in [2.05, 4.69) is 9.82 Å². The highest BCUT2D eigenvalue weighted by Gasteiger charge is 2.18. The topological polar surface area (TPSA) is 84.2 Å². The maximum Gasteiger partial charge on any atom is 0.266 e. The van der Waals surface area contributed by atoms with Crippen molar-refractivity contribution in [3.63, 3.8) is 0 Å². The highest BCUT2D eigenvalue weighted by atomic mass is 32.2. The molecule has 0 amide bonds. The Hall–Kier alpha value is -2.02. The van der Waals surface area contributed by atoms with Gasteiger partial charge in [0.2, 0.25) is 0 Å². The molecule has 0 spiro atoms. The Morgan fingerprint density at radius 1 is 1.33 bits per heavy atom. The standard InChI is InChI=1S/C11H13N3O3S/c1-2-14-8-7-11(12-14)13-18(16,17)10-6-4-3-5-9(10)15/h3-8,15H,2H2,1H3,(H,12,13). The molecule has 2 aromatic rings. The first-order chi connectivity index (χ1) is 8.53. The lowest BCUT2D eigenvalue weighted by Gasteiger charge is -2.06. The van der Waals surface area contributed by atoms with Gasteiger partial charge >= 0.3 is 0 Å². The van der Waals surface area contributed by atoms with Crippen molar-refractivity contribution in [3.05, 3.63) is 36.5 Å². The molecule has 0 radical (unpaired) electrons. The third kappa shape index (κ3) is 2.45. The number of para-hydroxylation sites is 1. The molecule has 0 bridgehead atoms. The molecule has 0 aliphatic heterocycles. The maximum atomic E-state index is 12.0. The summed E-state index contributed by atoms with van der Waals surface area (Å²) in [5.74, 6) is -0.0694. The average Bonchev–Trinajstić information content (AvgIpc) is 2.76. The first-order valence-corrected chi connectivity index (χ1v) is 6.85. The van der Waals surface area contributed by atoms with Crippen LogP contribution in [0.25, 0.3) is 0 Å². The molecular formula is C11H13N3O3S. The fourth-order valence-electron chi connectivity index (χ4n) is 1.47. The van der Waals surface area contributed by atoms with Crippen LogP contribution in [0.4, 0.5) is 5.82 Å². The molecule has 0 saturated carbocycles. The van der Waals surface area contributed by atoms with Crippen molar-refractivity contribution in [2.24, 2.45) is 0 Å². The number of anilines is 1. The number of rotatable bonds is 4. The van der Waals surface area contributed by atoms with E-state index in [0.717, 1.165) is 0 Å². The summed E-state index contributed by atoms with van der Waals surface area (Å²) in [6, 6.07) is 7.30. The van der Waals surface area contributed by atoms with Crippen LogP contribution in [0.5, 0.6) is 5.75 Å². The van der Waals surface area contributed by atoms with Gasteiger partial charge in [-0.05, 0) is 19.1 Å². The van der Waals surface area contributed by atoms with E-state index in [0.29, 0.717) is 6.54 Å². The molecule has 1 aromatic heterocycles. The second-order valence-electron chi connectivity index (χ2n) is 3.63. The third-order valence-corrected chi connectivity index (χ3v) is 3.76. The molecule has 7 heteroatoms. The summed E-state index contributed by atoms with van der Waals surface area (Å²) in [6.07, 6.45) is 1.67. The lowest BCUT2D eigenvalue weighted by Crippen LogP contribution is -2.13. The van der Waals surface area contributed by atoms with Crippen LogP contribution in [-0.4, -0.2) is 23.3 Å². The monoisotopic (exact) mass is 267 g/mol. The van der Waals surface area contributed by atoms with Gasteiger partial charge in [0.25, 0.3) is 10.0 Å². The summed E-state index contributed by atoms with van der Waals surface area (Å²) in [6.45, 7) is 2.55. The normalized spacial score (nSPS) is 11.4. The van der Waals surface area contributed by atoms with Gasteiger partial charge in [-0.15, -0.1) is 0 Å². The van der Waals surface area contributed by atoms with Gasteiger partial charge in [-0.25, -0.2) is 8.42 Å². The van der Waals surface area contributed by atoms with Crippen LogP contribution in [0, 0.1) is 0 Å². The van der Waals surface area contributed by atoms with Crippen LogP contribution in [0.2, 0.25) is 0 Å². The molecule has 0 aliphatic rings. The average molecular weight is 267 g/mol. The van der Waals surface area contributed by atoms with Gasteiger partial charge in [-0.2, -0.15) is 5.10 Å². The number of phenols is 1. The van der Waals surface area contributed by atoms with Gasteiger partial charge in [-0.1, -0.05) is 12.1 Å². The Balaban J connectivity index is 2.30.